The average Bonchev–Trinajstić information content (AvgIpc) is 2.94. The standard InChI is InChI=1S/C15H26N2O3/c1-14(2)12-11(5-7-20-12)15(14,16)13(19)17-6-3-4-10(8-17)9-18/h10-12,18H,3-9,16H2,1-2H3. The molecule has 2 heterocycles. The molecule has 3 fully saturated rings. The molecule has 2 saturated heterocycles. The monoisotopic (exact) mass is 282 g/mol. The molecule has 1 saturated carbocycles. The number of hydrogen-bond donors (Lipinski definition) is 2. The van der Waals surface area contributed by atoms with Gasteiger partial charge in [-0.1, -0.05) is 13.8 Å². The van der Waals surface area contributed by atoms with E-state index in [1.807, 2.05) is 18.7 Å². The van der Waals surface area contributed by atoms with Crippen molar-refractivity contribution < 1.29 is 14.6 Å². The predicted molar refractivity (Wildman–Crippen MR) is 74.9 cm³/mol. The maximum atomic E-state index is 13.0. The number of hydrogen-bond acceptors (Lipinski definition) is 4. The fourth-order valence-electron chi connectivity index (χ4n) is 4.48. The molecule has 5 heteroatoms. The Morgan fingerprint density at radius 3 is 2.90 bits per heavy atom. The minimum absolute atomic E-state index is 0.0624. The molecule has 0 aromatic carbocycles. The molecule has 0 spiro atoms. The Hall–Kier alpha value is -0.650. The zero-order valence-corrected chi connectivity index (χ0v) is 12.5. The van der Waals surface area contributed by atoms with Gasteiger partial charge in [0.1, 0.15) is 5.54 Å². The largest absolute Gasteiger partial charge is 0.396 e. The molecule has 0 aromatic rings. The highest BCUT2D eigenvalue weighted by Gasteiger charge is 2.71. The second kappa shape index (κ2) is 4.68. The number of rotatable bonds is 2. The lowest BCUT2D eigenvalue weighted by atomic mass is 9.47. The first-order valence-corrected chi connectivity index (χ1v) is 7.73. The highest BCUT2D eigenvalue weighted by molar-refractivity contribution is 5.89. The van der Waals surface area contributed by atoms with E-state index >= 15 is 0 Å². The molecule has 0 bridgehead atoms. The third-order valence-corrected chi connectivity index (χ3v) is 5.87. The third-order valence-electron chi connectivity index (χ3n) is 5.87. The normalized spacial score (nSPS) is 43.0. The number of carbonyl (C=O) groups is 1. The molecular weight excluding hydrogens is 256 g/mol. The molecule has 0 aromatic heterocycles. The van der Waals surface area contributed by atoms with Crippen LogP contribution in [0.1, 0.15) is 33.1 Å². The molecule has 20 heavy (non-hydrogen) atoms. The first-order valence-electron chi connectivity index (χ1n) is 7.73. The van der Waals surface area contributed by atoms with Crippen LogP contribution in [0.2, 0.25) is 0 Å². The summed E-state index contributed by atoms with van der Waals surface area (Å²) in [6, 6.07) is 0. The molecule has 3 N–H and O–H groups in total. The van der Waals surface area contributed by atoms with Crippen LogP contribution in [0.4, 0.5) is 0 Å². The number of fused-ring (bicyclic) bond motifs is 1. The second-order valence-corrected chi connectivity index (χ2v) is 7.22. The van der Waals surface area contributed by atoms with E-state index in [2.05, 4.69) is 0 Å². The molecule has 4 unspecified atom stereocenters. The van der Waals surface area contributed by atoms with Gasteiger partial charge in [-0.25, -0.2) is 0 Å². The molecule has 4 atom stereocenters. The molecule has 5 nitrogen and oxygen atoms in total. The number of piperidine rings is 1. The van der Waals surface area contributed by atoms with Crippen LogP contribution in [-0.4, -0.2) is 53.9 Å². The highest BCUT2D eigenvalue weighted by atomic mass is 16.5. The Morgan fingerprint density at radius 2 is 2.20 bits per heavy atom. The van der Waals surface area contributed by atoms with Gasteiger partial charge in [-0.15, -0.1) is 0 Å². The van der Waals surface area contributed by atoms with Crippen molar-refractivity contribution in [3.63, 3.8) is 0 Å². The van der Waals surface area contributed by atoms with E-state index in [-0.39, 0.29) is 35.9 Å². The smallest absolute Gasteiger partial charge is 0.243 e. The van der Waals surface area contributed by atoms with Crippen molar-refractivity contribution in [1.29, 1.82) is 0 Å². The number of aliphatic hydroxyl groups excluding tert-OH is 1. The van der Waals surface area contributed by atoms with Gasteiger partial charge in [0.15, 0.2) is 0 Å². The molecule has 1 amide bonds. The SMILES string of the molecule is CC1(C)C2OCCC2C1(N)C(=O)N1CCCC(CO)C1. The topological polar surface area (TPSA) is 75.8 Å². The fourth-order valence-corrected chi connectivity index (χ4v) is 4.48. The van der Waals surface area contributed by atoms with E-state index in [0.29, 0.717) is 13.2 Å². The van der Waals surface area contributed by atoms with Crippen molar-refractivity contribution >= 4 is 5.91 Å². The zero-order valence-electron chi connectivity index (χ0n) is 12.5. The summed E-state index contributed by atoms with van der Waals surface area (Å²) >= 11 is 0. The lowest BCUT2D eigenvalue weighted by Gasteiger charge is -2.62. The lowest BCUT2D eigenvalue weighted by molar-refractivity contribution is -0.185. The number of nitrogens with zero attached hydrogens (tertiary/aromatic N) is 1. The average molecular weight is 282 g/mol. The van der Waals surface area contributed by atoms with Gasteiger partial charge in [-0.3, -0.25) is 4.79 Å². The van der Waals surface area contributed by atoms with Gasteiger partial charge in [0, 0.05) is 37.6 Å². The van der Waals surface area contributed by atoms with Crippen LogP contribution >= 0.6 is 0 Å². The molecule has 2 aliphatic heterocycles. The van der Waals surface area contributed by atoms with Gasteiger partial charge in [-0.2, -0.15) is 0 Å². The van der Waals surface area contributed by atoms with Crippen molar-refractivity contribution in [3.05, 3.63) is 0 Å². The van der Waals surface area contributed by atoms with Gasteiger partial charge in [0.25, 0.3) is 0 Å². The summed E-state index contributed by atoms with van der Waals surface area (Å²) in [6.45, 7) is 6.37. The van der Waals surface area contributed by atoms with Crippen molar-refractivity contribution in [2.24, 2.45) is 23.0 Å². The van der Waals surface area contributed by atoms with E-state index < -0.39 is 5.54 Å². The molecule has 1 aliphatic carbocycles. The summed E-state index contributed by atoms with van der Waals surface area (Å²) in [5, 5.41) is 9.33. The van der Waals surface area contributed by atoms with Crippen molar-refractivity contribution in [3.8, 4) is 0 Å². The lowest BCUT2D eigenvalue weighted by Crippen LogP contribution is -2.80. The third kappa shape index (κ3) is 1.69. The van der Waals surface area contributed by atoms with Crippen LogP contribution in [0, 0.1) is 17.3 Å². The quantitative estimate of drug-likeness (QED) is 0.767. The number of nitrogens with two attached hydrogens (primary N) is 1. The summed E-state index contributed by atoms with van der Waals surface area (Å²) < 4.78 is 5.75. The molecule has 114 valence electrons. The first kappa shape index (κ1) is 14.3. The highest BCUT2D eigenvalue weighted by Crippen LogP contribution is 2.58. The Balaban J connectivity index is 1.79. The molecule has 0 radical (unpaired) electrons. The Labute approximate surface area is 120 Å². The first-order chi connectivity index (χ1) is 9.42. The second-order valence-electron chi connectivity index (χ2n) is 7.22. The summed E-state index contributed by atoms with van der Waals surface area (Å²) in [4.78, 5) is 14.9. The molecule has 3 rings (SSSR count). The van der Waals surface area contributed by atoms with Crippen LogP contribution in [0.15, 0.2) is 0 Å². The van der Waals surface area contributed by atoms with E-state index in [1.54, 1.807) is 0 Å². The predicted octanol–water partition coefficient (Wildman–Crippen LogP) is 0.360. The Bertz CT molecular complexity index is 412. The van der Waals surface area contributed by atoms with Crippen LogP contribution in [0.3, 0.4) is 0 Å². The molecule has 3 aliphatic rings. The summed E-state index contributed by atoms with van der Waals surface area (Å²) in [5.74, 6) is 0.419. The minimum atomic E-state index is -0.800. The Morgan fingerprint density at radius 1 is 1.45 bits per heavy atom. The number of aliphatic hydroxyl groups is 1. The van der Waals surface area contributed by atoms with Gasteiger partial charge in [-0.05, 0) is 25.2 Å². The van der Waals surface area contributed by atoms with Crippen molar-refractivity contribution in [2.45, 2.75) is 44.8 Å². The van der Waals surface area contributed by atoms with Crippen LogP contribution in [0.5, 0.6) is 0 Å². The number of amides is 1. The van der Waals surface area contributed by atoms with Crippen LogP contribution in [-0.2, 0) is 9.53 Å². The fraction of sp³-hybridized carbons (Fsp3) is 0.933. The van der Waals surface area contributed by atoms with Crippen LogP contribution < -0.4 is 5.73 Å². The van der Waals surface area contributed by atoms with Gasteiger partial charge < -0.3 is 20.5 Å². The van der Waals surface area contributed by atoms with E-state index in [0.717, 1.165) is 25.8 Å². The summed E-state index contributed by atoms with van der Waals surface area (Å²) in [5.41, 5.74) is 5.49. The summed E-state index contributed by atoms with van der Waals surface area (Å²) in [6.07, 6.45) is 2.96. The van der Waals surface area contributed by atoms with Crippen LogP contribution in [0.25, 0.3) is 0 Å². The van der Waals surface area contributed by atoms with E-state index in [9.17, 15) is 9.90 Å². The molecular formula is C15H26N2O3. The number of ether oxygens (including phenoxy) is 1. The Kier molecular flexibility index (Phi) is 3.35. The van der Waals surface area contributed by atoms with E-state index in [1.165, 1.54) is 0 Å². The van der Waals surface area contributed by atoms with Gasteiger partial charge in [0.05, 0.1) is 6.10 Å². The zero-order chi connectivity index (χ0) is 14.5. The minimum Gasteiger partial charge on any atom is -0.396 e. The van der Waals surface area contributed by atoms with Gasteiger partial charge >= 0.3 is 0 Å². The van der Waals surface area contributed by atoms with Crippen molar-refractivity contribution in [1.82, 2.24) is 4.90 Å². The van der Waals surface area contributed by atoms with Gasteiger partial charge in [0.2, 0.25) is 5.91 Å². The number of carbonyl (C=O) groups excluding carboxylic acids is 1. The summed E-state index contributed by atoms with van der Waals surface area (Å²) in [7, 11) is 0. The maximum absolute atomic E-state index is 13.0. The maximum Gasteiger partial charge on any atom is 0.243 e. The number of likely N-dealkylation sites (tertiary alicyclic amines) is 1. The van der Waals surface area contributed by atoms with Crippen molar-refractivity contribution in [2.75, 3.05) is 26.3 Å². The van der Waals surface area contributed by atoms with E-state index in [4.69, 9.17) is 10.5 Å².